The van der Waals surface area contributed by atoms with E-state index in [1.54, 1.807) is 26.2 Å². The molecule has 0 fully saturated rings. The molecule has 9 nitrogen and oxygen atoms in total. The minimum atomic E-state index is -0.881. The van der Waals surface area contributed by atoms with Crippen LogP contribution in [0, 0.1) is 0 Å². The van der Waals surface area contributed by atoms with Crippen molar-refractivity contribution >= 4 is 23.4 Å². The van der Waals surface area contributed by atoms with Crippen LogP contribution in [0.4, 0.5) is 5.69 Å². The zero-order chi connectivity index (χ0) is 25.6. The summed E-state index contributed by atoms with van der Waals surface area (Å²) in [5, 5.41) is 8.39. The van der Waals surface area contributed by atoms with Crippen LogP contribution in [0.1, 0.15) is 37.3 Å². The highest BCUT2D eigenvalue weighted by Gasteiger charge is 2.27. The second kappa shape index (κ2) is 14.9. The highest BCUT2D eigenvalue weighted by atomic mass is 16.5. The number of carbonyl (C=O) groups excluding carboxylic acids is 3. The summed E-state index contributed by atoms with van der Waals surface area (Å²) in [6, 6.07) is 14.2. The summed E-state index contributed by atoms with van der Waals surface area (Å²) < 4.78 is 5.11. The summed E-state index contributed by atoms with van der Waals surface area (Å²) in [4.78, 5) is 38.6. The molecule has 3 atom stereocenters. The molecule has 2 aromatic carbocycles. The molecule has 0 saturated carbocycles. The fourth-order valence-corrected chi connectivity index (χ4v) is 3.48. The number of methoxy groups -OCH3 is 1. The standard InChI is InChI=1S/C26H37N5O4/c1-18(28)24(32)31-23(16-19-8-4-3-5-9-19)26(34)30-22(10-6-7-15-27)25(33)29-21-13-11-20(12-14-21)17-35-2/h3-5,8-9,11-14,18,22-23H,6-7,10,15-17,27-28H2,1-2H3,(H,29,33)(H,30,34)(H,31,32)/t18-,22+,23+/m1/s1. The number of nitrogens with two attached hydrogens (primary N) is 2. The fourth-order valence-electron chi connectivity index (χ4n) is 3.48. The van der Waals surface area contributed by atoms with Gasteiger partial charge in [-0.15, -0.1) is 0 Å². The Morgan fingerprint density at radius 2 is 1.51 bits per heavy atom. The molecule has 0 radical (unpaired) electrons. The first-order valence-corrected chi connectivity index (χ1v) is 11.8. The van der Waals surface area contributed by atoms with E-state index in [1.807, 2.05) is 42.5 Å². The predicted molar refractivity (Wildman–Crippen MR) is 136 cm³/mol. The highest BCUT2D eigenvalue weighted by molar-refractivity contribution is 5.98. The van der Waals surface area contributed by atoms with Gasteiger partial charge in [-0.2, -0.15) is 0 Å². The van der Waals surface area contributed by atoms with E-state index in [0.29, 0.717) is 31.7 Å². The molecule has 0 aliphatic carbocycles. The monoisotopic (exact) mass is 483 g/mol. The van der Waals surface area contributed by atoms with Crippen molar-refractivity contribution in [3.63, 3.8) is 0 Å². The lowest BCUT2D eigenvalue weighted by atomic mass is 10.0. The third-order valence-corrected chi connectivity index (χ3v) is 5.44. The van der Waals surface area contributed by atoms with E-state index in [4.69, 9.17) is 16.2 Å². The molecule has 2 aromatic rings. The van der Waals surface area contributed by atoms with Crippen LogP contribution in [0.15, 0.2) is 54.6 Å². The quantitative estimate of drug-likeness (QED) is 0.257. The smallest absolute Gasteiger partial charge is 0.246 e. The van der Waals surface area contributed by atoms with Gasteiger partial charge in [0.2, 0.25) is 17.7 Å². The third-order valence-electron chi connectivity index (χ3n) is 5.44. The maximum absolute atomic E-state index is 13.2. The summed E-state index contributed by atoms with van der Waals surface area (Å²) in [6.45, 7) is 2.51. The molecule has 0 aromatic heterocycles. The van der Waals surface area contributed by atoms with E-state index < -0.39 is 29.9 Å². The highest BCUT2D eigenvalue weighted by Crippen LogP contribution is 2.13. The van der Waals surface area contributed by atoms with E-state index in [2.05, 4.69) is 16.0 Å². The molecule has 0 heterocycles. The van der Waals surface area contributed by atoms with Crippen LogP contribution < -0.4 is 27.4 Å². The lowest BCUT2D eigenvalue weighted by molar-refractivity contribution is -0.131. The molecule has 0 aliphatic heterocycles. The molecular weight excluding hydrogens is 446 g/mol. The molecular formula is C26H37N5O4. The van der Waals surface area contributed by atoms with Gasteiger partial charge in [0.1, 0.15) is 12.1 Å². The fraction of sp³-hybridized carbons (Fsp3) is 0.423. The first-order valence-electron chi connectivity index (χ1n) is 11.8. The lowest BCUT2D eigenvalue weighted by Gasteiger charge is -2.24. The van der Waals surface area contributed by atoms with Gasteiger partial charge in [0.25, 0.3) is 0 Å². The van der Waals surface area contributed by atoms with Crippen LogP contribution in [-0.2, 0) is 32.1 Å². The van der Waals surface area contributed by atoms with Crippen LogP contribution in [-0.4, -0.2) is 49.5 Å². The zero-order valence-electron chi connectivity index (χ0n) is 20.5. The van der Waals surface area contributed by atoms with Crippen molar-refractivity contribution in [2.75, 3.05) is 19.0 Å². The normalized spacial score (nSPS) is 13.4. The maximum atomic E-state index is 13.2. The van der Waals surface area contributed by atoms with Crippen molar-refractivity contribution in [1.29, 1.82) is 0 Å². The average molecular weight is 484 g/mol. The number of nitrogens with one attached hydrogen (secondary N) is 3. The van der Waals surface area contributed by atoms with Gasteiger partial charge in [0.15, 0.2) is 0 Å². The molecule has 3 amide bonds. The number of rotatable bonds is 14. The number of hydrogen-bond donors (Lipinski definition) is 5. The molecule has 2 rings (SSSR count). The Bertz CT molecular complexity index is 935. The topological polar surface area (TPSA) is 149 Å². The summed E-state index contributed by atoms with van der Waals surface area (Å²) in [7, 11) is 1.62. The van der Waals surface area contributed by atoms with Crippen LogP contribution >= 0.6 is 0 Å². The van der Waals surface area contributed by atoms with Gasteiger partial charge in [0, 0.05) is 19.2 Å². The largest absolute Gasteiger partial charge is 0.380 e. The molecule has 9 heteroatoms. The molecule has 7 N–H and O–H groups in total. The summed E-state index contributed by atoms with van der Waals surface area (Å²) in [5.74, 6) is -1.24. The molecule has 0 aliphatic rings. The van der Waals surface area contributed by atoms with E-state index in [0.717, 1.165) is 17.5 Å². The van der Waals surface area contributed by atoms with Crippen molar-refractivity contribution in [1.82, 2.24) is 10.6 Å². The SMILES string of the molecule is COCc1ccc(NC(=O)[C@H](CCCCN)NC(=O)[C@H](Cc2ccccc2)NC(=O)[C@@H](C)N)cc1. The second-order valence-electron chi connectivity index (χ2n) is 8.50. The maximum Gasteiger partial charge on any atom is 0.246 e. The Morgan fingerprint density at radius 3 is 2.11 bits per heavy atom. The third kappa shape index (κ3) is 9.86. The number of ether oxygens (including phenoxy) is 1. The Morgan fingerprint density at radius 1 is 0.857 bits per heavy atom. The van der Waals surface area contributed by atoms with Crippen LogP contribution in [0.3, 0.4) is 0 Å². The molecule has 0 unspecified atom stereocenters. The van der Waals surface area contributed by atoms with Crippen molar-refractivity contribution in [3.8, 4) is 0 Å². The van der Waals surface area contributed by atoms with Gasteiger partial charge in [-0.1, -0.05) is 42.5 Å². The average Bonchev–Trinajstić information content (AvgIpc) is 2.85. The summed E-state index contributed by atoms with van der Waals surface area (Å²) in [5.41, 5.74) is 13.8. The minimum Gasteiger partial charge on any atom is -0.380 e. The van der Waals surface area contributed by atoms with E-state index >= 15 is 0 Å². The Hall–Kier alpha value is -3.27. The van der Waals surface area contributed by atoms with Crippen molar-refractivity contribution in [2.45, 2.75) is 57.3 Å². The molecule has 190 valence electrons. The molecule has 0 saturated heterocycles. The lowest BCUT2D eigenvalue weighted by Crippen LogP contribution is -2.55. The number of benzene rings is 2. The van der Waals surface area contributed by atoms with E-state index in [-0.39, 0.29) is 12.3 Å². The molecule has 0 bridgehead atoms. The first-order chi connectivity index (χ1) is 16.8. The van der Waals surface area contributed by atoms with Crippen molar-refractivity contribution < 1.29 is 19.1 Å². The van der Waals surface area contributed by atoms with Crippen LogP contribution in [0.25, 0.3) is 0 Å². The number of anilines is 1. The van der Waals surface area contributed by atoms with Gasteiger partial charge in [-0.05, 0) is 56.0 Å². The van der Waals surface area contributed by atoms with Gasteiger partial charge < -0.3 is 32.2 Å². The minimum absolute atomic E-state index is 0.267. The number of carbonyl (C=O) groups is 3. The predicted octanol–water partition coefficient (Wildman–Crippen LogP) is 1.46. The summed E-state index contributed by atoms with van der Waals surface area (Å²) >= 11 is 0. The van der Waals surface area contributed by atoms with Gasteiger partial charge >= 0.3 is 0 Å². The number of unbranched alkanes of at least 4 members (excludes halogenated alkanes) is 1. The number of amides is 3. The summed E-state index contributed by atoms with van der Waals surface area (Å²) in [6.07, 6.45) is 2.07. The van der Waals surface area contributed by atoms with Gasteiger partial charge in [0.05, 0.1) is 12.6 Å². The van der Waals surface area contributed by atoms with Crippen LogP contribution in [0.2, 0.25) is 0 Å². The Kier molecular flexibility index (Phi) is 11.9. The van der Waals surface area contributed by atoms with Gasteiger partial charge in [-0.25, -0.2) is 0 Å². The number of hydrogen-bond acceptors (Lipinski definition) is 6. The van der Waals surface area contributed by atoms with E-state index in [9.17, 15) is 14.4 Å². The Balaban J connectivity index is 2.14. The van der Waals surface area contributed by atoms with E-state index in [1.165, 1.54) is 0 Å². The molecule has 0 spiro atoms. The first kappa shape index (κ1) is 28.0. The van der Waals surface area contributed by atoms with Crippen molar-refractivity contribution in [3.05, 3.63) is 65.7 Å². The van der Waals surface area contributed by atoms with Crippen molar-refractivity contribution in [2.24, 2.45) is 11.5 Å². The molecule has 35 heavy (non-hydrogen) atoms. The Labute approximate surface area is 207 Å². The zero-order valence-corrected chi connectivity index (χ0v) is 20.5. The van der Waals surface area contributed by atoms with Crippen LogP contribution in [0.5, 0.6) is 0 Å². The van der Waals surface area contributed by atoms with Gasteiger partial charge in [-0.3, -0.25) is 14.4 Å². The second-order valence-corrected chi connectivity index (χ2v) is 8.50.